The highest BCUT2D eigenvalue weighted by Crippen LogP contribution is 2.31. The first-order valence-electron chi connectivity index (χ1n) is 7.97. The minimum absolute atomic E-state index is 0.0108. The van der Waals surface area contributed by atoms with Gasteiger partial charge in [0.05, 0.1) is 0 Å². The van der Waals surface area contributed by atoms with Gasteiger partial charge in [0.2, 0.25) is 0 Å². The average Bonchev–Trinajstić information content (AvgIpc) is 2.51. The minimum Gasteiger partial charge on any atom is -0.508 e. The Kier molecular flexibility index (Phi) is 6.23. The van der Waals surface area contributed by atoms with Crippen LogP contribution < -0.4 is 4.74 Å². The van der Waals surface area contributed by atoms with Crippen molar-refractivity contribution in [1.29, 1.82) is 0 Å². The maximum Gasteiger partial charge on any atom is 0.298 e. The highest BCUT2D eigenvalue weighted by Gasteiger charge is 2.18. The van der Waals surface area contributed by atoms with Crippen LogP contribution in [0.15, 0.2) is 47.4 Å². The lowest BCUT2D eigenvalue weighted by Gasteiger charge is -2.12. The van der Waals surface area contributed by atoms with Crippen LogP contribution in [0.3, 0.4) is 0 Å². The number of hydrogen-bond donors (Lipinski definition) is 2. The normalized spacial score (nSPS) is 11.4. The van der Waals surface area contributed by atoms with E-state index in [-0.39, 0.29) is 16.4 Å². The summed E-state index contributed by atoms with van der Waals surface area (Å²) in [4.78, 5) is -0.289. The predicted octanol–water partition coefficient (Wildman–Crippen LogP) is 4.55. The highest BCUT2D eigenvalue weighted by atomic mass is 32.2. The Bertz CT molecular complexity index is 784. The zero-order chi connectivity index (χ0) is 17.6. The van der Waals surface area contributed by atoms with E-state index < -0.39 is 10.1 Å². The summed E-state index contributed by atoms with van der Waals surface area (Å²) in [6.45, 7) is 2.14. The van der Waals surface area contributed by atoms with Crippen LogP contribution >= 0.6 is 0 Å². The van der Waals surface area contributed by atoms with E-state index in [9.17, 15) is 18.1 Å². The number of benzene rings is 2. The van der Waals surface area contributed by atoms with Crippen molar-refractivity contribution in [2.24, 2.45) is 0 Å². The molecule has 0 aliphatic heterocycles. The fourth-order valence-corrected chi connectivity index (χ4v) is 3.03. The molecule has 0 amide bonds. The smallest absolute Gasteiger partial charge is 0.298 e. The number of aryl methyl sites for hydroxylation is 1. The Morgan fingerprint density at radius 2 is 1.83 bits per heavy atom. The number of phenols is 1. The van der Waals surface area contributed by atoms with Crippen LogP contribution in [0.1, 0.15) is 38.2 Å². The molecule has 2 rings (SSSR count). The molecule has 0 fully saturated rings. The molecule has 5 nitrogen and oxygen atoms in total. The Hall–Kier alpha value is -2.05. The second kappa shape index (κ2) is 8.17. The van der Waals surface area contributed by atoms with Gasteiger partial charge in [0.15, 0.2) is 0 Å². The van der Waals surface area contributed by atoms with Gasteiger partial charge in [-0.1, -0.05) is 38.3 Å². The summed E-state index contributed by atoms with van der Waals surface area (Å²) in [5, 5.41) is 9.49. The van der Waals surface area contributed by atoms with Gasteiger partial charge in [-0.15, -0.1) is 0 Å². The van der Waals surface area contributed by atoms with Gasteiger partial charge in [0, 0.05) is 6.07 Å². The lowest BCUT2D eigenvalue weighted by atomic mass is 10.1. The second-order valence-electron chi connectivity index (χ2n) is 5.67. The van der Waals surface area contributed by atoms with E-state index >= 15 is 0 Å². The van der Waals surface area contributed by atoms with Crippen molar-refractivity contribution >= 4 is 10.1 Å². The molecule has 0 aliphatic rings. The number of aromatic hydroxyl groups is 1. The first-order chi connectivity index (χ1) is 11.4. The predicted molar refractivity (Wildman–Crippen MR) is 92.3 cm³/mol. The molecule has 0 atom stereocenters. The molecule has 6 heteroatoms. The fraction of sp³-hybridized carbons (Fsp3) is 0.333. The third kappa shape index (κ3) is 5.25. The summed E-state index contributed by atoms with van der Waals surface area (Å²) in [6, 6.07) is 10.7. The van der Waals surface area contributed by atoms with Crippen molar-refractivity contribution in [3.05, 3.63) is 48.0 Å². The highest BCUT2D eigenvalue weighted by molar-refractivity contribution is 7.86. The van der Waals surface area contributed by atoms with Gasteiger partial charge >= 0.3 is 0 Å². The maximum absolute atomic E-state index is 11.5. The molecule has 0 saturated heterocycles. The summed E-state index contributed by atoms with van der Waals surface area (Å²) >= 11 is 0. The van der Waals surface area contributed by atoms with Crippen molar-refractivity contribution in [1.82, 2.24) is 0 Å². The summed E-state index contributed by atoms with van der Waals surface area (Å²) in [6.07, 6.45) is 5.23. The molecule has 2 aromatic rings. The van der Waals surface area contributed by atoms with E-state index in [4.69, 9.17) is 4.74 Å². The van der Waals surface area contributed by atoms with Crippen LogP contribution in [0.5, 0.6) is 17.2 Å². The average molecular weight is 350 g/mol. The number of unbranched alkanes of at least 4 members (excludes halogenated alkanes) is 3. The quantitative estimate of drug-likeness (QED) is 0.539. The molecule has 0 unspecified atom stereocenters. The third-order valence-corrected chi connectivity index (χ3v) is 4.54. The maximum atomic E-state index is 11.5. The van der Waals surface area contributed by atoms with Crippen LogP contribution in [0.25, 0.3) is 0 Å². The molecule has 0 bridgehead atoms. The van der Waals surface area contributed by atoms with Crippen LogP contribution in [0.2, 0.25) is 0 Å². The monoisotopic (exact) mass is 350 g/mol. The summed E-state index contributed by atoms with van der Waals surface area (Å²) in [5.74, 6) is 0.357. The Labute approximate surface area is 142 Å². The number of hydrogen-bond acceptors (Lipinski definition) is 4. The standard InChI is InChI=1S/C18H22O5S/c1-2-3-4-5-7-14-10-11-18(24(20,21)22)17(12-14)23-16-9-6-8-15(19)13-16/h6,8-13,19H,2-5,7H2,1H3,(H,20,21,22). The first kappa shape index (κ1) is 18.3. The second-order valence-corrected chi connectivity index (χ2v) is 7.06. The number of rotatable bonds is 8. The van der Waals surface area contributed by atoms with E-state index in [0.29, 0.717) is 5.75 Å². The molecular weight excluding hydrogens is 328 g/mol. The van der Waals surface area contributed by atoms with Gasteiger partial charge in [-0.2, -0.15) is 8.42 Å². The summed E-state index contributed by atoms with van der Waals surface area (Å²) in [7, 11) is -4.40. The SMILES string of the molecule is CCCCCCc1ccc(S(=O)(=O)O)c(Oc2cccc(O)c2)c1. The van der Waals surface area contributed by atoms with Crippen LogP contribution in [0, 0.1) is 0 Å². The van der Waals surface area contributed by atoms with Crippen molar-refractivity contribution in [3.8, 4) is 17.2 Å². The number of phenolic OH excluding ortho intramolecular Hbond substituents is 1. The van der Waals surface area contributed by atoms with Gasteiger partial charge in [0.25, 0.3) is 10.1 Å². The molecule has 0 aliphatic carbocycles. The lowest BCUT2D eigenvalue weighted by Crippen LogP contribution is -2.02. The molecule has 130 valence electrons. The third-order valence-electron chi connectivity index (χ3n) is 3.65. The van der Waals surface area contributed by atoms with Crippen molar-refractivity contribution in [2.75, 3.05) is 0 Å². The largest absolute Gasteiger partial charge is 0.508 e. The van der Waals surface area contributed by atoms with Gasteiger partial charge in [0.1, 0.15) is 22.1 Å². The summed E-state index contributed by atoms with van der Waals surface area (Å²) < 4.78 is 38.1. The van der Waals surface area contributed by atoms with Crippen LogP contribution in [0.4, 0.5) is 0 Å². The topological polar surface area (TPSA) is 83.8 Å². The van der Waals surface area contributed by atoms with E-state index in [1.807, 2.05) is 0 Å². The van der Waals surface area contributed by atoms with E-state index in [1.165, 1.54) is 18.2 Å². The van der Waals surface area contributed by atoms with Crippen molar-refractivity contribution in [2.45, 2.75) is 43.9 Å². The fourth-order valence-electron chi connectivity index (χ4n) is 2.43. The van der Waals surface area contributed by atoms with E-state index in [2.05, 4.69) is 6.92 Å². The molecule has 0 heterocycles. The van der Waals surface area contributed by atoms with Gasteiger partial charge < -0.3 is 9.84 Å². The van der Waals surface area contributed by atoms with E-state index in [1.54, 1.807) is 24.3 Å². The summed E-state index contributed by atoms with van der Waals surface area (Å²) in [5.41, 5.74) is 0.939. The van der Waals surface area contributed by atoms with Crippen LogP contribution in [-0.4, -0.2) is 18.1 Å². The molecule has 2 N–H and O–H groups in total. The molecule has 0 saturated carbocycles. The van der Waals surface area contributed by atoms with Gasteiger partial charge in [-0.3, -0.25) is 4.55 Å². The van der Waals surface area contributed by atoms with E-state index in [0.717, 1.165) is 37.7 Å². The first-order valence-corrected chi connectivity index (χ1v) is 9.41. The molecule has 0 radical (unpaired) electrons. The van der Waals surface area contributed by atoms with Gasteiger partial charge in [-0.05, 0) is 42.7 Å². The number of ether oxygens (including phenoxy) is 1. The van der Waals surface area contributed by atoms with Crippen LogP contribution in [-0.2, 0) is 16.5 Å². The minimum atomic E-state index is -4.40. The zero-order valence-electron chi connectivity index (χ0n) is 13.6. The molecule has 0 spiro atoms. The molecular formula is C18H22O5S. The van der Waals surface area contributed by atoms with Gasteiger partial charge in [-0.25, -0.2) is 0 Å². The van der Waals surface area contributed by atoms with Crippen molar-refractivity contribution < 1.29 is 22.8 Å². The molecule has 0 aromatic heterocycles. The zero-order valence-corrected chi connectivity index (χ0v) is 14.4. The van der Waals surface area contributed by atoms with Crippen molar-refractivity contribution in [3.63, 3.8) is 0 Å². The lowest BCUT2D eigenvalue weighted by molar-refractivity contribution is 0.440. The Morgan fingerprint density at radius 1 is 1.04 bits per heavy atom. The molecule has 2 aromatic carbocycles. The Morgan fingerprint density at radius 3 is 2.50 bits per heavy atom. The Balaban J connectivity index is 2.27. The molecule has 24 heavy (non-hydrogen) atoms.